The Labute approximate surface area is 111 Å². The number of rotatable bonds is 6. The van der Waals surface area contributed by atoms with Gasteiger partial charge >= 0.3 is 5.97 Å². The van der Waals surface area contributed by atoms with Crippen LogP contribution in [0.25, 0.3) is 0 Å². The third kappa shape index (κ3) is 4.20. The third-order valence-electron chi connectivity index (χ3n) is 3.14. The lowest BCUT2D eigenvalue weighted by atomic mass is 10.0. The average molecular weight is 272 g/mol. The van der Waals surface area contributed by atoms with E-state index in [1.807, 2.05) is 0 Å². The molecule has 1 fully saturated rings. The highest BCUT2D eigenvalue weighted by Gasteiger charge is 2.39. The fourth-order valence-electron chi connectivity index (χ4n) is 2.17. The van der Waals surface area contributed by atoms with Crippen LogP contribution in [0.5, 0.6) is 0 Å². The Morgan fingerprint density at radius 1 is 1.37 bits per heavy atom. The number of aliphatic carboxylic acids is 1. The number of hydrogen-bond donors (Lipinski definition) is 2. The molecule has 1 heterocycles. The van der Waals surface area contributed by atoms with Gasteiger partial charge in [0.05, 0.1) is 19.3 Å². The molecule has 0 aliphatic carbocycles. The highest BCUT2D eigenvalue weighted by atomic mass is 16.5. The first-order valence-corrected chi connectivity index (χ1v) is 6.31. The Hall–Kier alpha value is -1.63. The van der Waals surface area contributed by atoms with Gasteiger partial charge in [-0.3, -0.25) is 14.4 Å². The fraction of sp³-hybridized carbons (Fsp3) is 0.750. The number of carboxylic acid groups (broad SMARTS) is 1. The monoisotopic (exact) mass is 272 g/mol. The third-order valence-corrected chi connectivity index (χ3v) is 3.14. The summed E-state index contributed by atoms with van der Waals surface area (Å²) in [6, 6.07) is -0.424. The molecule has 0 spiro atoms. The number of carbonyl (C=O) groups excluding carboxylic acids is 2. The van der Waals surface area contributed by atoms with Crippen LogP contribution in [0.2, 0.25) is 0 Å². The lowest BCUT2D eigenvalue weighted by Gasteiger charge is -2.29. The van der Waals surface area contributed by atoms with Gasteiger partial charge in [0, 0.05) is 26.4 Å². The topological polar surface area (TPSA) is 95.9 Å². The predicted octanol–water partition coefficient (Wildman–Crippen LogP) is -0.539. The molecule has 0 aromatic carbocycles. The van der Waals surface area contributed by atoms with Gasteiger partial charge in [-0.2, -0.15) is 0 Å². The van der Waals surface area contributed by atoms with Gasteiger partial charge in [0.1, 0.15) is 5.92 Å². The summed E-state index contributed by atoms with van der Waals surface area (Å²) in [4.78, 5) is 35.4. The Balaban J connectivity index is 2.58. The molecular weight excluding hydrogens is 252 g/mol. The zero-order valence-electron chi connectivity index (χ0n) is 11.2. The number of nitrogens with zero attached hydrogens (tertiary/aromatic N) is 1. The molecule has 1 saturated heterocycles. The number of hydrogen-bond acceptors (Lipinski definition) is 4. The van der Waals surface area contributed by atoms with Crippen molar-refractivity contribution in [3.63, 3.8) is 0 Å². The molecule has 7 nitrogen and oxygen atoms in total. The zero-order valence-corrected chi connectivity index (χ0v) is 11.2. The van der Waals surface area contributed by atoms with Gasteiger partial charge in [0.25, 0.3) is 0 Å². The summed E-state index contributed by atoms with van der Waals surface area (Å²) in [6.45, 7) is 4.25. The molecule has 0 bridgehead atoms. The molecule has 2 amide bonds. The maximum absolute atomic E-state index is 12.0. The molecule has 7 heteroatoms. The van der Waals surface area contributed by atoms with Crippen LogP contribution in [0.4, 0.5) is 0 Å². The van der Waals surface area contributed by atoms with E-state index >= 15 is 0 Å². The van der Waals surface area contributed by atoms with Crippen LogP contribution in [0.1, 0.15) is 20.3 Å². The van der Waals surface area contributed by atoms with E-state index in [2.05, 4.69) is 5.32 Å². The highest BCUT2D eigenvalue weighted by Crippen LogP contribution is 2.20. The van der Waals surface area contributed by atoms with E-state index in [0.29, 0.717) is 6.54 Å². The summed E-state index contributed by atoms with van der Waals surface area (Å²) >= 11 is 0. The summed E-state index contributed by atoms with van der Waals surface area (Å²) in [5.74, 6) is -1.98. The number of carboxylic acids is 1. The predicted molar refractivity (Wildman–Crippen MR) is 66.4 cm³/mol. The van der Waals surface area contributed by atoms with Gasteiger partial charge in [0.2, 0.25) is 11.8 Å². The molecule has 2 atom stereocenters. The first-order chi connectivity index (χ1) is 8.97. The number of likely N-dealkylation sites (N-methyl/N-ethyl adjacent to an activating group) is 1. The smallest absolute Gasteiger partial charge is 0.311 e. The molecule has 0 saturated carbocycles. The van der Waals surface area contributed by atoms with Crippen LogP contribution in [-0.4, -0.2) is 60.1 Å². The number of ether oxygens (including phenoxy) is 1. The molecule has 0 radical (unpaired) electrons. The Morgan fingerprint density at radius 3 is 2.58 bits per heavy atom. The van der Waals surface area contributed by atoms with Crippen molar-refractivity contribution in [2.45, 2.75) is 26.3 Å². The minimum absolute atomic E-state index is 0.134. The number of carbonyl (C=O) groups is 3. The van der Waals surface area contributed by atoms with Crippen LogP contribution in [-0.2, 0) is 19.1 Å². The van der Waals surface area contributed by atoms with Crippen molar-refractivity contribution in [1.82, 2.24) is 10.2 Å². The van der Waals surface area contributed by atoms with E-state index in [4.69, 9.17) is 9.84 Å². The number of nitrogens with one attached hydrogen (secondary N) is 1. The fourth-order valence-corrected chi connectivity index (χ4v) is 2.17. The molecule has 0 aromatic rings. The van der Waals surface area contributed by atoms with Crippen molar-refractivity contribution in [3.05, 3.63) is 0 Å². The molecule has 1 rings (SSSR count). The standard InChI is InChI=1S/C12H20N2O5/c1-3-14(11(16)4-5-13-8(2)15)10-7-19-6-9(10)12(17)18/h9-10H,3-7H2,1-2H3,(H,13,15)(H,17,18). The van der Waals surface area contributed by atoms with E-state index in [1.165, 1.54) is 11.8 Å². The van der Waals surface area contributed by atoms with Gasteiger partial charge in [-0.25, -0.2) is 0 Å². The summed E-state index contributed by atoms with van der Waals surface area (Å²) in [7, 11) is 0. The second kappa shape index (κ2) is 7.08. The van der Waals surface area contributed by atoms with Crippen LogP contribution < -0.4 is 5.32 Å². The minimum atomic E-state index is -0.949. The zero-order chi connectivity index (χ0) is 14.4. The van der Waals surface area contributed by atoms with Crippen LogP contribution in [0.15, 0.2) is 0 Å². The minimum Gasteiger partial charge on any atom is -0.481 e. The first kappa shape index (κ1) is 15.4. The molecule has 108 valence electrons. The van der Waals surface area contributed by atoms with Crippen LogP contribution in [0, 0.1) is 5.92 Å². The summed E-state index contributed by atoms with van der Waals surface area (Å²) in [5, 5.41) is 11.6. The Kier molecular flexibility index (Phi) is 5.75. The molecule has 1 aliphatic heterocycles. The summed E-state index contributed by atoms with van der Waals surface area (Å²) in [5.41, 5.74) is 0. The SMILES string of the molecule is CCN(C(=O)CCNC(C)=O)C1COCC1C(=O)O. The Morgan fingerprint density at radius 2 is 2.05 bits per heavy atom. The average Bonchev–Trinajstić information content (AvgIpc) is 2.78. The largest absolute Gasteiger partial charge is 0.481 e. The van der Waals surface area contributed by atoms with Crippen molar-refractivity contribution in [2.75, 3.05) is 26.3 Å². The number of amides is 2. The molecule has 2 N–H and O–H groups in total. The lowest BCUT2D eigenvalue weighted by molar-refractivity contribution is -0.145. The van der Waals surface area contributed by atoms with E-state index < -0.39 is 17.9 Å². The van der Waals surface area contributed by atoms with Crippen molar-refractivity contribution in [3.8, 4) is 0 Å². The van der Waals surface area contributed by atoms with Crippen molar-refractivity contribution in [1.29, 1.82) is 0 Å². The lowest BCUT2D eigenvalue weighted by Crippen LogP contribution is -2.47. The van der Waals surface area contributed by atoms with E-state index in [0.717, 1.165) is 0 Å². The molecule has 19 heavy (non-hydrogen) atoms. The van der Waals surface area contributed by atoms with E-state index in [-0.39, 0.29) is 38.0 Å². The summed E-state index contributed by atoms with van der Waals surface area (Å²) < 4.78 is 5.16. The van der Waals surface area contributed by atoms with Gasteiger partial charge in [-0.05, 0) is 6.92 Å². The van der Waals surface area contributed by atoms with Crippen LogP contribution >= 0.6 is 0 Å². The van der Waals surface area contributed by atoms with Crippen molar-refractivity contribution < 1.29 is 24.2 Å². The second-order valence-corrected chi connectivity index (χ2v) is 4.46. The normalized spacial score (nSPS) is 22.0. The maximum Gasteiger partial charge on any atom is 0.311 e. The van der Waals surface area contributed by atoms with E-state index in [1.54, 1.807) is 6.92 Å². The van der Waals surface area contributed by atoms with Crippen molar-refractivity contribution in [2.24, 2.45) is 5.92 Å². The molecule has 0 aromatic heterocycles. The summed E-state index contributed by atoms with van der Waals surface area (Å²) in [6.07, 6.45) is 0.163. The van der Waals surface area contributed by atoms with E-state index in [9.17, 15) is 14.4 Å². The van der Waals surface area contributed by atoms with Gasteiger partial charge in [-0.1, -0.05) is 0 Å². The maximum atomic E-state index is 12.0. The second-order valence-electron chi connectivity index (χ2n) is 4.46. The van der Waals surface area contributed by atoms with Gasteiger partial charge in [0.15, 0.2) is 0 Å². The van der Waals surface area contributed by atoms with Crippen molar-refractivity contribution >= 4 is 17.8 Å². The highest BCUT2D eigenvalue weighted by molar-refractivity contribution is 5.79. The molecular formula is C12H20N2O5. The quantitative estimate of drug-likeness (QED) is 0.677. The first-order valence-electron chi connectivity index (χ1n) is 6.31. The Bertz CT molecular complexity index is 358. The van der Waals surface area contributed by atoms with Gasteiger partial charge in [-0.15, -0.1) is 0 Å². The molecule has 2 unspecified atom stereocenters. The molecule has 1 aliphatic rings. The van der Waals surface area contributed by atoms with Gasteiger partial charge < -0.3 is 20.1 Å². The van der Waals surface area contributed by atoms with Crippen LogP contribution in [0.3, 0.4) is 0 Å².